The van der Waals surface area contributed by atoms with Crippen LogP contribution in [0.3, 0.4) is 0 Å². The number of hydrogen-bond donors (Lipinski definition) is 12. The Morgan fingerprint density at radius 1 is 0.374 bits per heavy atom. The van der Waals surface area contributed by atoms with Crippen molar-refractivity contribution < 1.29 is 89.4 Å². The summed E-state index contributed by atoms with van der Waals surface area (Å²) >= 11 is 0. The summed E-state index contributed by atoms with van der Waals surface area (Å²) in [5.74, 6) is -0.276. The van der Waals surface area contributed by atoms with E-state index in [4.69, 9.17) is 28.4 Å². The Kier molecular flexibility index (Phi) is 55.6. The van der Waals surface area contributed by atoms with Gasteiger partial charge in [-0.15, -0.1) is 0 Å². The molecule has 3 heterocycles. The maximum absolute atomic E-state index is 13.5. The first-order chi connectivity index (χ1) is 48.3. The molecule has 17 atom stereocenters. The Balaban J connectivity index is 1.38. The average Bonchev–Trinajstić information content (AvgIpc) is 0.755. The molecule has 0 aliphatic carbocycles. The molecule has 1 amide bonds. The lowest BCUT2D eigenvalue weighted by Crippen LogP contribution is -2.66. The molecule has 19 heteroatoms. The highest BCUT2D eigenvalue weighted by Crippen LogP contribution is 2.33. The minimum absolute atomic E-state index is 0.239. The number of rotatable bonds is 63. The molecule has 3 aliphatic rings. The van der Waals surface area contributed by atoms with Crippen molar-refractivity contribution in [1.29, 1.82) is 0 Å². The molecule has 0 aromatic rings. The number of carbonyl (C=O) groups is 1. The van der Waals surface area contributed by atoms with Crippen LogP contribution in [-0.2, 0) is 33.2 Å². The number of aliphatic hydroxyl groups excluding tert-OH is 11. The summed E-state index contributed by atoms with van der Waals surface area (Å²) in [6.45, 7) is 1.66. The number of allylic oxidation sites excluding steroid dienone is 9. The minimum atomic E-state index is -1.98. The van der Waals surface area contributed by atoms with Crippen molar-refractivity contribution in [1.82, 2.24) is 5.32 Å². The molecular formula is C80H145NO18. The third-order valence-corrected chi connectivity index (χ3v) is 19.8. The second kappa shape index (κ2) is 60.7. The summed E-state index contributed by atoms with van der Waals surface area (Å²) in [5.41, 5.74) is 0. The maximum atomic E-state index is 13.5. The lowest BCUT2D eigenvalue weighted by atomic mass is 9.96. The SMILES string of the molecule is CC/C=C\C/C=C\C/C=C\C/C=C\CCCCCCCCCCCCCCC(=O)NC(COC1OC(CO)C(OC2OC(CO)C(OC3OC(CO)C(O)C(O)C3O)C(O)C2O)C(O)C1O)C(O)/C=C/CCCCCCCCCCCCCCCCCCCCCCCCCCCCC. The van der Waals surface area contributed by atoms with Crippen molar-refractivity contribution in [3.63, 3.8) is 0 Å². The van der Waals surface area contributed by atoms with Crippen molar-refractivity contribution >= 4 is 5.91 Å². The number of nitrogens with one attached hydrogen (secondary N) is 1. The van der Waals surface area contributed by atoms with Crippen molar-refractivity contribution in [2.24, 2.45) is 0 Å². The van der Waals surface area contributed by atoms with E-state index in [0.29, 0.717) is 6.42 Å². The van der Waals surface area contributed by atoms with Crippen LogP contribution in [0, 0.1) is 0 Å². The van der Waals surface area contributed by atoms with Gasteiger partial charge in [-0.3, -0.25) is 4.79 Å². The molecule has 17 unspecified atom stereocenters. The van der Waals surface area contributed by atoms with Crippen LogP contribution in [0.1, 0.15) is 309 Å². The topological polar surface area (TPSA) is 307 Å². The van der Waals surface area contributed by atoms with Crippen molar-refractivity contribution in [2.75, 3.05) is 26.4 Å². The molecular weight excluding hydrogens is 1260 g/mol. The van der Waals surface area contributed by atoms with Gasteiger partial charge < -0.3 is 89.9 Å². The molecule has 19 nitrogen and oxygen atoms in total. The first-order valence-electron chi connectivity index (χ1n) is 40.0. The Labute approximate surface area is 598 Å². The van der Waals surface area contributed by atoms with Crippen molar-refractivity contribution in [3.8, 4) is 0 Å². The molecule has 3 saturated heterocycles. The van der Waals surface area contributed by atoms with Crippen LogP contribution in [0.2, 0.25) is 0 Å². The molecule has 0 aromatic heterocycles. The van der Waals surface area contributed by atoms with Gasteiger partial charge in [0, 0.05) is 6.42 Å². The van der Waals surface area contributed by atoms with Crippen LogP contribution in [0.4, 0.5) is 0 Å². The first kappa shape index (κ1) is 90.7. The molecule has 3 rings (SSSR count). The highest BCUT2D eigenvalue weighted by Gasteiger charge is 2.54. The van der Waals surface area contributed by atoms with Crippen LogP contribution in [0.5, 0.6) is 0 Å². The quantitative estimate of drug-likeness (QED) is 0.0199. The number of aliphatic hydroxyl groups is 11. The Morgan fingerprint density at radius 3 is 1.09 bits per heavy atom. The van der Waals surface area contributed by atoms with Crippen LogP contribution in [-0.4, -0.2) is 193 Å². The molecule has 0 radical (unpaired) electrons. The highest BCUT2D eigenvalue weighted by atomic mass is 16.8. The fourth-order valence-electron chi connectivity index (χ4n) is 13.4. The van der Waals surface area contributed by atoms with Crippen LogP contribution in [0.25, 0.3) is 0 Å². The summed E-state index contributed by atoms with van der Waals surface area (Å²) in [5, 5.41) is 121. The van der Waals surface area contributed by atoms with Crippen LogP contribution >= 0.6 is 0 Å². The van der Waals surface area contributed by atoms with Gasteiger partial charge in [-0.25, -0.2) is 0 Å². The van der Waals surface area contributed by atoms with E-state index in [2.05, 4.69) is 67.8 Å². The number of hydrogen-bond acceptors (Lipinski definition) is 18. The molecule has 99 heavy (non-hydrogen) atoms. The third-order valence-electron chi connectivity index (χ3n) is 19.8. The van der Waals surface area contributed by atoms with Crippen LogP contribution < -0.4 is 5.32 Å². The fourth-order valence-corrected chi connectivity index (χ4v) is 13.4. The van der Waals surface area contributed by atoms with Gasteiger partial charge in [0.05, 0.1) is 38.6 Å². The maximum Gasteiger partial charge on any atom is 0.220 e. The van der Waals surface area contributed by atoms with Gasteiger partial charge in [0.25, 0.3) is 0 Å². The Bertz CT molecular complexity index is 2020. The van der Waals surface area contributed by atoms with E-state index in [1.807, 2.05) is 6.08 Å². The minimum Gasteiger partial charge on any atom is -0.394 e. The molecule has 578 valence electrons. The van der Waals surface area contributed by atoms with E-state index < -0.39 is 124 Å². The summed E-state index contributed by atoms with van der Waals surface area (Å²) < 4.78 is 34.5. The second-order valence-corrected chi connectivity index (χ2v) is 28.5. The van der Waals surface area contributed by atoms with Gasteiger partial charge in [-0.05, 0) is 57.8 Å². The lowest BCUT2D eigenvalue weighted by molar-refractivity contribution is -0.379. The molecule has 0 bridgehead atoms. The zero-order valence-corrected chi connectivity index (χ0v) is 61.7. The predicted octanol–water partition coefficient (Wildman–Crippen LogP) is 13.1. The zero-order chi connectivity index (χ0) is 71.8. The molecule has 0 spiro atoms. The normalized spacial score (nSPS) is 26.9. The van der Waals surface area contributed by atoms with E-state index in [9.17, 15) is 61.0 Å². The van der Waals surface area contributed by atoms with Gasteiger partial charge in [0.2, 0.25) is 5.91 Å². The van der Waals surface area contributed by atoms with Crippen LogP contribution in [0.15, 0.2) is 60.8 Å². The summed E-state index contributed by atoms with van der Waals surface area (Å²) in [4.78, 5) is 13.5. The number of amides is 1. The van der Waals surface area contributed by atoms with Gasteiger partial charge in [-0.1, -0.05) is 306 Å². The molecule has 0 saturated carbocycles. The van der Waals surface area contributed by atoms with Gasteiger partial charge >= 0.3 is 0 Å². The number of carbonyl (C=O) groups excluding carboxylic acids is 1. The summed E-state index contributed by atoms with van der Waals surface area (Å²) in [6, 6.07) is -0.978. The molecule has 0 aromatic carbocycles. The third kappa shape index (κ3) is 41.1. The first-order valence-corrected chi connectivity index (χ1v) is 40.0. The highest BCUT2D eigenvalue weighted by molar-refractivity contribution is 5.76. The molecule has 3 fully saturated rings. The van der Waals surface area contributed by atoms with E-state index in [0.717, 1.165) is 77.0 Å². The van der Waals surface area contributed by atoms with E-state index in [1.165, 1.54) is 205 Å². The lowest BCUT2D eigenvalue weighted by Gasteiger charge is -2.48. The summed E-state index contributed by atoms with van der Waals surface area (Å²) in [6.07, 6.45) is 50.6. The second-order valence-electron chi connectivity index (χ2n) is 28.5. The fraction of sp³-hybridized carbons (Fsp3) is 0.863. The monoisotopic (exact) mass is 1410 g/mol. The average molecular weight is 1410 g/mol. The van der Waals surface area contributed by atoms with Crippen molar-refractivity contribution in [2.45, 2.75) is 413 Å². The molecule has 12 N–H and O–H groups in total. The van der Waals surface area contributed by atoms with E-state index >= 15 is 0 Å². The van der Waals surface area contributed by atoms with E-state index in [-0.39, 0.29) is 18.9 Å². The largest absolute Gasteiger partial charge is 0.394 e. The standard InChI is InChI=1S/C80H145NO18/c1-3-5-7-9-11-13-15-17-19-21-23-25-27-29-30-31-32-34-35-37-39-41-43-45-47-49-51-53-55-57-64(85)63(81-68(86)58-56-54-52-50-48-46-44-42-40-38-36-33-28-26-24-22-20-18-16-14-12-10-8-6-4-2)62-94-78-74(92)71(89)76(66(60-83)96-78)99-80-75(93)72(90)77(67(61-84)97-80)98-79-73(91)70(88)69(87)65(59-82)95-79/h6,8,12,14,18,20,24,26,55,57,63-67,69-80,82-85,87-93H,3-5,7,9-11,13,15-17,19,21-23,25,27-54,56,58-62H2,1-2H3,(H,81,86)/b8-6-,14-12-,20-18-,26-24-,57-55+. The van der Waals surface area contributed by atoms with Gasteiger partial charge in [-0.2, -0.15) is 0 Å². The van der Waals surface area contributed by atoms with Gasteiger partial charge in [0.15, 0.2) is 18.9 Å². The van der Waals surface area contributed by atoms with Crippen molar-refractivity contribution in [3.05, 3.63) is 60.8 Å². The Morgan fingerprint density at radius 2 is 0.697 bits per heavy atom. The predicted molar refractivity (Wildman–Crippen MR) is 392 cm³/mol. The van der Waals surface area contributed by atoms with Gasteiger partial charge in [0.1, 0.15) is 73.2 Å². The van der Waals surface area contributed by atoms with E-state index in [1.54, 1.807) is 6.08 Å². The summed E-state index contributed by atoms with van der Waals surface area (Å²) in [7, 11) is 0. The number of ether oxygens (including phenoxy) is 6. The smallest absolute Gasteiger partial charge is 0.220 e. The number of unbranched alkanes of at least 4 members (excludes halogenated alkanes) is 39. The molecule has 3 aliphatic heterocycles. The zero-order valence-electron chi connectivity index (χ0n) is 61.7. The Hall–Kier alpha value is -2.51.